The van der Waals surface area contributed by atoms with Crippen LogP contribution < -0.4 is 11.2 Å². The average molecular weight is 358 g/mol. The van der Waals surface area contributed by atoms with Crippen molar-refractivity contribution in [2.75, 3.05) is 5.73 Å². The third-order valence-corrected chi connectivity index (χ3v) is 3.98. The van der Waals surface area contributed by atoms with Crippen molar-refractivity contribution < 1.29 is 4.79 Å². The smallest absolute Gasteiger partial charge is 0.291 e. The lowest BCUT2D eigenvalue weighted by molar-refractivity contribution is 0.0950. The van der Waals surface area contributed by atoms with E-state index in [1.807, 2.05) is 31.2 Å². The highest BCUT2D eigenvalue weighted by Crippen LogP contribution is 2.34. The largest absolute Gasteiger partial charge is 0.396 e. The topological polar surface area (TPSA) is 80.4 Å². The maximum Gasteiger partial charge on any atom is 0.291 e. The highest BCUT2D eigenvalue weighted by Gasteiger charge is 2.19. The van der Waals surface area contributed by atoms with Gasteiger partial charge in [0.05, 0.1) is 16.9 Å². The van der Waals surface area contributed by atoms with Gasteiger partial charge in [-0.25, -0.2) is 10.4 Å². The molecule has 0 aliphatic rings. The number of nitrogens with one attached hydrogen (secondary N) is 1. The van der Waals surface area contributed by atoms with Crippen LogP contribution in [0.3, 0.4) is 0 Å². The summed E-state index contributed by atoms with van der Waals surface area (Å²) in [7, 11) is 0. The molecule has 22 heavy (non-hydrogen) atoms. The molecule has 2 rings (SSSR count). The number of aryl methyl sites for hydroxylation is 1. The maximum atomic E-state index is 12.0. The molecule has 1 aromatic carbocycles. The zero-order valence-electron chi connectivity index (χ0n) is 11.4. The van der Waals surface area contributed by atoms with Crippen LogP contribution >= 0.6 is 34.8 Å². The molecule has 0 aliphatic heterocycles. The van der Waals surface area contributed by atoms with Gasteiger partial charge in [-0.05, 0) is 18.1 Å². The summed E-state index contributed by atoms with van der Waals surface area (Å²) in [6.07, 6.45) is 1.52. The summed E-state index contributed by atoms with van der Waals surface area (Å²) in [6.45, 7) is 1.93. The Morgan fingerprint density at radius 2 is 1.95 bits per heavy atom. The van der Waals surface area contributed by atoms with Gasteiger partial charge in [-0.2, -0.15) is 5.10 Å². The monoisotopic (exact) mass is 356 g/mol. The predicted octanol–water partition coefficient (Wildman–Crippen LogP) is 3.70. The number of carbonyl (C=O) groups excluding carboxylic acids is 1. The van der Waals surface area contributed by atoms with Gasteiger partial charge >= 0.3 is 0 Å². The minimum absolute atomic E-state index is 0.00336. The van der Waals surface area contributed by atoms with Crippen LogP contribution in [-0.4, -0.2) is 17.1 Å². The summed E-state index contributed by atoms with van der Waals surface area (Å²) in [5.74, 6) is -0.639. The Balaban J connectivity index is 2.19. The van der Waals surface area contributed by atoms with E-state index < -0.39 is 5.91 Å². The Kier molecular flexibility index (Phi) is 5.24. The van der Waals surface area contributed by atoms with E-state index in [0.717, 1.165) is 11.1 Å². The number of carbonyl (C=O) groups is 1. The molecule has 0 bridgehead atoms. The third kappa shape index (κ3) is 3.50. The zero-order chi connectivity index (χ0) is 16.3. The highest BCUT2D eigenvalue weighted by atomic mass is 35.5. The summed E-state index contributed by atoms with van der Waals surface area (Å²) in [6, 6.07) is 7.58. The van der Waals surface area contributed by atoms with Crippen molar-refractivity contribution in [2.45, 2.75) is 6.92 Å². The first-order valence-electron chi connectivity index (χ1n) is 6.10. The van der Waals surface area contributed by atoms with E-state index in [9.17, 15) is 4.79 Å². The lowest BCUT2D eigenvalue weighted by Gasteiger charge is -2.07. The average Bonchev–Trinajstić information content (AvgIpc) is 2.50. The van der Waals surface area contributed by atoms with Gasteiger partial charge in [0.2, 0.25) is 0 Å². The van der Waals surface area contributed by atoms with Gasteiger partial charge in [0.15, 0.2) is 10.8 Å². The Hall–Kier alpha value is -1.82. The molecule has 0 saturated heterocycles. The maximum absolute atomic E-state index is 12.0. The Morgan fingerprint density at radius 1 is 1.27 bits per heavy atom. The number of halogens is 3. The second-order valence-corrected chi connectivity index (χ2v) is 5.46. The molecule has 0 fully saturated rings. The highest BCUT2D eigenvalue weighted by molar-refractivity contribution is 6.46. The van der Waals surface area contributed by atoms with Crippen molar-refractivity contribution in [3.63, 3.8) is 0 Å². The van der Waals surface area contributed by atoms with Crippen molar-refractivity contribution in [3.05, 3.63) is 56.3 Å². The number of pyridine rings is 1. The van der Waals surface area contributed by atoms with Gasteiger partial charge in [0.1, 0.15) is 5.02 Å². The van der Waals surface area contributed by atoms with E-state index in [0.29, 0.717) is 0 Å². The number of amides is 1. The van der Waals surface area contributed by atoms with E-state index in [-0.39, 0.29) is 26.6 Å². The number of nitrogens with two attached hydrogens (primary N) is 1. The van der Waals surface area contributed by atoms with E-state index in [1.54, 1.807) is 0 Å². The molecule has 2 aromatic rings. The minimum atomic E-state index is -0.639. The summed E-state index contributed by atoms with van der Waals surface area (Å²) in [5.41, 5.74) is 9.72. The van der Waals surface area contributed by atoms with Gasteiger partial charge in [-0.15, -0.1) is 0 Å². The first kappa shape index (κ1) is 16.5. The third-order valence-electron chi connectivity index (χ3n) is 2.85. The van der Waals surface area contributed by atoms with Gasteiger partial charge in [0, 0.05) is 0 Å². The quantitative estimate of drug-likeness (QED) is 0.499. The van der Waals surface area contributed by atoms with Crippen molar-refractivity contribution in [2.24, 2.45) is 5.10 Å². The van der Waals surface area contributed by atoms with Gasteiger partial charge in [-0.3, -0.25) is 4.79 Å². The number of nitrogens with zero attached hydrogens (tertiary/aromatic N) is 2. The molecule has 1 aromatic heterocycles. The molecular formula is C14H11Cl3N4O. The molecule has 0 radical (unpaired) electrons. The van der Waals surface area contributed by atoms with Crippen LogP contribution in [0, 0.1) is 6.92 Å². The van der Waals surface area contributed by atoms with E-state index in [4.69, 9.17) is 40.5 Å². The SMILES string of the molecule is Cc1ccccc1C=NNC(=O)c1nc(Cl)c(Cl)c(N)c1Cl. The van der Waals surface area contributed by atoms with Crippen LogP contribution in [0.4, 0.5) is 5.69 Å². The van der Waals surface area contributed by atoms with Gasteiger partial charge in [0.25, 0.3) is 5.91 Å². The fourth-order valence-corrected chi connectivity index (χ4v) is 2.22. The number of anilines is 1. The Labute approximate surface area is 142 Å². The number of hydrogen-bond donors (Lipinski definition) is 2. The molecule has 8 heteroatoms. The lowest BCUT2D eigenvalue weighted by atomic mass is 10.1. The molecule has 0 aliphatic carbocycles. The number of benzene rings is 1. The number of rotatable bonds is 3. The zero-order valence-corrected chi connectivity index (χ0v) is 13.7. The number of aromatic nitrogens is 1. The molecule has 3 N–H and O–H groups in total. The fraction of sp³-hybridized carbons (Fsp3) is 0.0714. The van der Waals surface area contributed by atoms with Crippen LogP contribution in [0.1, 0.15) is 21.6 Å². The Morgan fingerprint density at radius 3 is 2.64 bits per heavy atom. The predicted molar refractivity (Wildman–Crippen MR) is 89.9 cm³/mol. The molecule has 114 valence electrons. The molecule has 0 saturated carbocycles. The number of hydrazone groups is 1. The fourth-order valence-electron chi connectivity index (χ4n) is 1.63. The van der Waals surface area contributed by atoms with Crippen LogP contribution in [0.2, 0.25) is 15.2 Å². The van der Waals surface area contributed by atoms with Crippen LogP contribution in [0.5, 0.6) is 0 Å². The van der Waals surface area contributed by atoms with Gasteiger partial charge in [-0.1, -0.05) is 59.1 Å². The molecule has 0 atom stereocenters. The summed E-state index contributed by atoms with van der Waals surface area (Å²) < 4.78 is 0. The normalized spacial score (nSPS) is 10.9. The second kappa shape index (κ2) is 6.96. The van der Waals surface area contributed by atoms with Crippen LogP contribution in [-0.2, 0) is 0 Å². The van der Waals surface area contributed by atoms with Crippen molar-refractivity contribution in [3.8, 4) is 0 Å². The van der Waals surface area contributed by atoms with Crippen LogP contribution in [0.15, 0.2) is 29.4 Å². The number of hydrogen-bond acceptors (Lipinski definition) is 4. The molecule has 1 amide bonds. The molecule has 0 spiro atoms. The molecular weight excluding hydrogens is 347 g/mol. The molecule has 5 nitrogen and oxygen atoms in total. The standard InChI is InChI=1S/C14H11Cl3N4O/c1-7-4-2-3-5-8(7)6-19-21-14(22)12-9(15)11(18)10(16)13(17)20-12/h2-6H,1H3,(H2,18,20)(H,21,22). The van der Waals surface area contributed by atoms with Crippen molar-refractivity contribution in [1.29, 1.82) is 0 Å². The molecule has 1 heterocycles. The second-order valence-electron chi connectivity index (χ2n) is 4.35. The van der Waals surface area contributed by atoms with Crippen LogP contribution in [0.25, 0.3) is 0 Å². The lowest BCUT2D eigenvalue weighted by Crippen LogP contribution is -2.20. The number of nitrogen functional groups attached to an aromatic ring is 1. The first-order chi connectivity index (χ1) is 10.4. The van der Waals surface area contributed by atoms with Crippen molar-refractivity contribution >= 4 is 52.6 Å². The first-order valence-corrected chi connectivity index (χ1v) is 7.24. The summed E-state index contributed by atoms with van der Waals surface area (Å²) >= 11 is 17.5. The van der Waals surface area contributed by atoms with E-state index in [1.165, 1.54) is 6.21 Å². The minimum Gasteiger partial charge on any atom is -0.396 e. The van der Waals surface area contributed by atoms with E-state index >= 15 is 0 Å². The summed E-state index contributed by atoms with van der Waals surface area (Å²) in [5, 5.41) is 3.70. The molecule has 0 unspecified atom stereocenters. The van der Waals surface area contributed by atoms with Crippen molar-refractivity contribution in [1.82, 2.24) is 10.4 Å². The van der Waals surface area contributed by atoms with E-state index in [2.05, 4.69) is 15.5 Å². The Bertz CT molecular complexity index is 762. The van der Waals surface area contributed by atoms with Gasteiger partial charge < -0.3 is 5.73 Å². The summed E-state index contributed by atoms with van der Waals surface area (Å²) in [4.78, 5) is 15.8.